The number of nitrogens with one attached hydrogen (secondary N) is 3. The van der Waals surface area contributed by atoms with Gasteiger partial charge < -0.3 is 15.1 Å². The van der Waals surface area contributed by atoms with E-state index in [4.69, 9.17) is 11.6 Å². The zero-order valence-corrected chi connectivity index (χ0v) is 16.3. The minimum Gasteiger partial charge on any atom is -0.322 e. The highest BCUT2D eigenvalue weighted by Crippen LogP contribution is 2.22. The van der Waals surface area contributed by atoms with Gasteiger partial charge >= 0.3 is 0 Å². The zero-order valence-electron chi connectivity index (χ0n) is 15.6. The predicted octanol–water partition coefficient (Wildman–Crippen LogP) is 0.879. The fraction of sp³-hybridized carbons (Fsp3) is 0.381. The lowest BCUT2D eigenvalue weighted by atomic mass is 10.1. The highest BCUT2D eigenvalue weighted by Gasteiger charge is 2.25. The average molecular weight is 374 g/mol. The molecule has 0 radical (unpaired) electrons. The number of carbonyl (C=O) groups is 1. The molecule has 0 aliphatic carbocycles. The summed E-state index contributed by atoms with van der Waals surface area (Å²) < 4.78 is 0. The number of hydrogen-bond acceptors (Lipinski definition) is 1. The molecule has 0 spiro atoms. The van der Waals surface area contributed by atoms with E-state index in [9.17, 15) is 4.79 Å². The van der Waals surface area contributed by atoms with Crippen LogP contribution in [0.25, 0.3) is 0 Å². The first-order valence-corrected chi connectivity index (χ1v) is 9.66. The smallest absolute Gasteiger partial charge is 0.279 e. The standard InChI is InChI=1S/C21H26ClN3O/c1-16-7-8-20(19(22)13-16)23-21(26)15-25-11-9-24(10-12-25)14-18-6-4-3-5-17(18)2/h3-8,13H,9-12,14-15H2,1-2H3,(H,23,26)/p+2. The SMILES string of the molecule is Cc1ccc(NC(=O)C[NH+]2CC[NH+](Cc3ccccc3C)CC2)c(Cl)c1. The molecule has 1 saturated heterocycles. The lowest BCUT2D eigenvalue weighted by molar-refractivity contribution is -1.02. The van der Waals surface area contributed by atoms with Gasteiger partial charge in [0.1, 0.15) is 32.7 Å². The van der Waals surface area contributed by atoms with Gasteiger partial charge in [-0.05, 0) is 37.1 Å². The highest BCUT2D eigenvalue weighted by atomic mass is 35.5. The zero-order chi connectivity index (χ0) is 18.5. The van der Waals surface area contributed by atoms with Crippen molar-refractivity contribution in [3.63, 3.8) is 0 Å². The van der Waals surface area contributed by atoms with Gasteiger partial charge in [0, 0.05) is 5.56 Å². The Morgan fingerprint density at radius 1 is 1.04 bits per heavy atom. The number of amides is 1. The fourth-order valence-corrected chi connectivity index (χ4v) is 3.81. The molecule has 2 aromatic carbocycles. The van der Waals surface area contributed by atoms with Crippen molar-refractivity contribution in [2.45, 2.75) is 20.4 Å². The molecule has 3 rings (SSSR count). The van der Waals surface area contributed by atoms with Crippen LogP contribution >= 0.6 is 11.6 Å². The molecule has 0 bridgehead atoms. The summed E-state index contributed by atoms with van der Waals surface area (Å²) in [6.45, 7) is 9.99. The summed E-state index contributed by atoms with van der Waals surface area (Å²) in [5.74, 6) is 0.0353. The Morgan fingerprint density at radius 3 is 2.42 bits per heavy atom. The fourth-order valence-electron chi connectivity index (χ4n) is 3.53. The van der Waals surface area contributed by atoms with Crippen LogP contribution in [0.1, 0.15) is 16.7 Å². The molecule has 26 heavy (non-hydrogen) atoms. The largest absolute Gasteiger partial charge is 0.322 e. The molecule has 0 unspecified atom stereocenters. The third kappa shape index (κ3) is 5.07. The summed E-state index contributed by atoms with van der Waals surface area (Å²) in [6, 6.07) is 14.3. The van der Waals surface area contributed by atoms with Crippen molar-refractivity contribution in [2.75, 3.05) is 38.0 Å². The van der Waals surface area contributed by atoms with E-state index in [1.165, 1.54) is 16.0 Å². The summed E-state index contributed by atoms with van der Waals surface area (Å²) in [6.07, 6.45) is 0. The number of anilines is 1. The topological polar surface area (TPSA) is 38.0 Å². The second-order valence-corrected chi connectivity index (χ2v) is 7.72. The Bertz CT molecular complexity index is 770. The monoisotopic (exact) mass is 373 g/mol. The number of aryl methyl sites for hydroxylation is 2. The van der Waals surface area contributed by atoms with E-state index in [0.717, 1.165) is 38.3 Å². The van der Waals surface area contributed by atoms with Crippen LogP contribution in [0.4, 0.5) is 5.69 Å². The molecule has 1 fully saturated rings. The van der Waals surface area contributed by atoms with Crippen LogP contribution in [-0.2, 0) is 11.3 Å². The number of hydrogen-bond donors (Lipinski definition) is 3. The van der Waals surface area contributed by atoms with E-state index in [-0.39, 0.29) is 5.91 Å². The average Bonchev–Trinajstić information content (AvgIpc) is 2.61. The Hall–Kier alpha value is -1.88. The second-order valence-electron chi connectivity index (χ2n) is 7.31. The van der Waals surface area contributed by atoms with E-state index in [2.05, 4.69) is 36.5 Å². The van der Waals surface area contributed by atoms with Crippen molar-refractivity contribution in [2.24, 2.45) is 0 Å². The third-order valence-corrected chi connectivity index (χ3v) is 5.49. The van der Waals surface area contributed by atoms with Gasteiger partial charge in [-0.1, -0.05) is 41.9 Å². The highest BCUT2D eigenvalue weighted by molar-refractivity contribution is 6.33. The van der Waals surface area contributed by atoms with Gasteiger partial charge in [-0.2, -0.15) is 0 Å². The molecule has 5 heteroatoms. The maximum Gasteiger partial charge on any atom is 0.279 e. The molecule has 138 valence electrons. The molecule has 2 aromatic rings. The lowest BCUT2D eigenvalue weighted by Crippen LogP contribution is -3.28. The van der Waals surface area contributed by atoms with Crippen LogP contribution < -0.4 is 15.1 Å². The Morgan fingerprint density at radius 2 is 1.73 bits per heavy atom. The van der Waals surface area contributed by atoms with E-state index in [1.807, 2.05) is 25.1 Å². The van der Waals surface area contributed by atoms with E-state index in [1.54, 1.807) is 4.90 Å². The van der Waals surface area contributed by atoms with Gasteiger partial charge in [-0.25, -0.2) is 0 Å². The van der Waals surface area contributed by atoms with Crippen LogP contribution in [0.2, 0.25) is 5.02 Å². The molecular weight excluding hydrogens is 346 g/mol. The molecule has 1 heterocycles. The summed E-state index contributed by atoms with van der Waals surface area (Å²) >= 11 is 6.20. The van der Waals surface area contributed by atoms with Crippen LogP contribution in [0.3, 0.4) is 0 Å². The van der Waals surface area contributed by atoms with Crippen LogP contribution in [0.5, 0.6) is 0 Å². The van der Waals surface area contributed by atoms with E-state index in [0.29, 0.717) is 17.3 Å². The third-order valence-electron chi connectivity index (χ3n) is 5.18. The van der Waals surface area contributed by atoms with Crippen molar-refractivity contribution in [3.8, 4) is 0 Å². The number of halogens is 1. The maximum absolute atomic E-state index is 12.3. The molecule has 0 atom stereocenters. The Balaban J connectivity index is 1.46. The van der Waals surface area contributed by atoms with Crippen LogP contribution in [0, 0.1) is 13.8 Å². The predicted molar refractivity (Wildman–Crippen MR) is 106 cm³/mol. The van der Waals surface area contributed by atoms with Crippen molar-refractivity contribution in [1.29, 1.82) is 0 Å². The van der Waals surface area contributed by atoms with Crippen molar-refractivity contribution < 1.29 is 14.6 Å². The van der Waals surface area contributed by atoms with Crippen molar-refractivity contribution in [1.82, 2.24) is 0 Å². The first-order chi connectivity index (χ1) is 12.5. The van der Waals surface area contributed by atoms with E-state index >= 15 is 0 Å². The molecule has 1 amide bonds. The molecule has 3 N–H and O–H groups in total. The molecule has 0 aromatic heterocycles. The summed E-state index contributed by atoms with van der Waals surface area (Å²) in [4.78, 5) is 15.3. The quantitative estimate of drug-likeness (QED) is 0.715. The molecular formula is C21H28ClN3O+2. The van der Waals surface area contributed by atoms with Crippen LogP contribution in [0.15, 0.2) is 42.5 Å². The van der Waals surface area contributed by atoms with Gasteiger partial charge in [0.05, 0.1) is 10.7 Å². The number of benzene rings is 2. The number of rotatable bonds is 5. The van der Waals surface area contributed by atoms with Gasteiger partial charge in [0.25, 0.3) is 5.91 Å². The molecule has 1 aliphatic rings. The number of carbonyl (C=O) groups excluding carboxylic acids is 1. The van der Waals surface area contributed by atoms with E-state index < -0.39 is 0 Å². The van der Waals surface area contributed by atoms with Gasteiger partial charge in [-0.3, -0.25) is 4.79 Å². The number of quaternary nitrogens is 2. The van der Waals surface area contributed by atoms with Crippen LogP contribution in [-0.4, -0.2) is 38.6 Å². The minimum absolute atomic E-state index is 0.0353. The number of piperazine rings is 1. The normalized spacial score (nSPS) is 20.0. The molecule has 4 nitrogen and oxygen atoms in total. The van der Waals surface area contributed by atoms with Crippen molar-refractivity contribution >= 4 is 23.2 Å². The Labute approximate surface area is 160 Å². The van der Waals surface area contributed by atoms with Gasteiger partial charge in [-0.15, -0.1) is 0 Å². The second kappa shape index (κ2) is 8.67. The molecule has 0 saturated carbocycles. The summed E-state index contributed by atoms with van der Waals surface area (Å²) in [5, 5.41) is 3.54. The summed E-state index contributed by atoms with van der Waals surface area (Å²) in [7, 11) is 0. The Kier molecular flexibility index (Phi) is 6.30. The van der Waals surface area contributed by atoms with Gasteiger partial charge in [0.2, 0.25) is 0 Å². The van der Waals surface area contributed by atoms with Gasteiger partial charge in [0.15, 0.2) is 6.54 Å². The summed E-state index contributed by atoms with van der Waals surface area (Å²) in [5.41, 5.74) is 4.58. The maximum atomic E-state index is 12.3. The first-order valence-electron chi connectivity index (χ1n) is 9.29. The minimum atomic E-state index is 0.0353. The lowest BCUT2D eigenvalue weighted by Gasteiger charge is -2.29. The molecule has 1 aliphatic heterocycles. The van der Waals surface area contributed by atoms with Crippen molar-refractivity contribution in [3.05, 3.63) is 64.2 Å². The first kappa shape index (κ1) is 18.9.